The van der Waals surface area contributed by atoms with E-state index in [9.17, 15) is 9.18 Å². The Kier molecular flexibility index (Phi) is 5.49. The third-order valence-electron chi connectivity index (χ3n) is 2.49. The molecule has 7 heteroatoms. The maximum atomic E-state index is 13.1. The predicted octanol–water partition coefficient (Wildman–Crippen LogP) is 4.21. The van der Waals surface area contributed by atoms with E-state index in [0.29, 0.717) is 10.7 Å². The number of thiocarbonyl (C=S) groups is 1. The topological polar surface area (TPSA) is 41.1 Å². The van der Waals surface area contributed by atoms with Gasteiger partial charge >= 0.3 is 0 Å². The Labute approximate surface area is 145 Å². The number of amides is 1. The molecule has 0 bridgehead atoms. The molecule has 2 rings (SSSR count). The van der Waals surface area contributed by atoms with Crippen LogP contribution in [0.4, 0.5) is 10.1 Å². The Balaban J connectivity index is 2.03. The molecule has 3 nitrogen and oxygen atoms in total. The van der Waals surface area contributed by atoms with Crippen LogP contribution < -0.4 is 10.6 Å². The number of carbonyl (C=O) groups excluding carboxylic acids is 1. The number of carbonyl (C=O) groups is 1. The predicted molar refractivity (Wildman–Crippen MR) is 94.3 cm³/mol. The van der Waals surface area contributed by atoms with E-state index in [1.807, 2.05) is 6.07 Å². The van der Waals surface area contributed by atoms with E-state index in [1.54, 1.807) is 12.1 Å². The van der Waals surface area contributed by atoms with Gasteiger partial charge in [-0.15, -0.1) is 0 Å². The summed E-state index contributed by atoms with van der Waals surface area (Å²) in [6.07, 6.45) is 0. The van der Waals surface area contributed by atoms with Crippen molar-refractivity contribution in [3.05, 3.63) is 62.4 Å². The van der Waals surface area contributed by atoms with E-state index in [-0.39, 0.29) is 10.7 Å². The fraction of sp³-hybridized carbons (Fsp3) is 0. The molecule has 0 heterocycles. The normalized spacial score (nSPS) is 10.0. The fourth-order valence-electron chi connectivity index (χ4n) is 1.55. The molecular formula is C14H9ClFIN2OS. The van der Waals surface area contributed by atoms with Gasteiger partial charge in [0.15, 0.2) is 5.11 Å². The van der Waals surface area contributed by atoms with Crippen LogP contribution >= 0.6 is 46.4 Å². The highest BCUT2D eigenvalue weighted by Gasteiger charge is 2.10. The van der Waals surface area contributed by atoms with Crippen LogP contribution in [-0.2, 0) is 0 Å². The van der Waals surface area contributed by atoms with Crippen molar-refractivity contribution in [2.75, 3.05) is 5.32 Å². The van der Waals surface area contributed by atoms with Gasteiger partial charge in [0.05, 0.1) is 10.7 Å². The lowest BCUT2D eigenvalue weighted by atomic mass is 10.2. The number of benzene rings is 2. The lowest BCUT2D eigenvalue weighted by Crippen LogP contribution is -2.34. The molecule has 21 heavy (non-hydrogen) atoms. The van der Waals surface area contributed by atoms with E-state index >= 15 is 0 Å². The summed E-state index contributed by atoms with van der Waals surface area (Å²) >= 11 is 13.2. The number of nitrogens with one attached hydrogen (secondary N) is 2. The van der Waals surface area contributed by atoms with Crippen molar-refractivity contribution < 1.29 is 9.18 Å². The molecule has 0 atom stereocenters. The average molecular weight is 435 g/mol. The smallest absolute Gasteiger partial charge is 0.257 e. The Morgan fingerprint density at radius 2 is 2.00 bits per heavy atom. The minimum absolute atomic E-state index is 0.0902. The van der Waals surface area contributed by atoms with Gasteiger partial charge in [-0.2, -0.15) is 0 Å². The SMILES string of the molecule is O=C(NC(=S)Nc1ccc(I)cc1Cl)c1cccc(F)c1. The molecule has 0 aliphatic carbocycles. The molecule has 2 aromatic carbocycles. The molecule has 0 saturated carbocycles. The molecule has 2 aromatic rings. The first-order valence-corrected chi connectivity index (χ1v) is 7.65. The summed E-state index contributed by atoms with van der Waals surface area (Å²) in [7, 11) is 0. The van der Waals surface area contributed by atoms with Crippen molar-refractivity contribution in [1.82, 2.24) is 5.32 Å². The van der Waals surface area contributed by atoms with Crippen LogP contribution in [0.3, 0.4) is 0 Å². The lowest BCUT2D eigenvalue weighted by molar-refractivity contribution is 0.0977. The number of rotatable bonds is 2. The first-order chi connectivity index (χ1) is 9.95. The molecule has 0 saturated heterocycles. The Morgan fingerprint density at radius 1 is 1.24 bits per heavy atom. The zero-order valence-electron chi connectivity index (χ0n) is 10.5. The maximum absolute atomic E-state index is 13.1. The molecule has 0 aromatic heterocycles. The van der Waals surface area contributed by atoms with Gasteiger partial charge in [0.2, 0.25) is 0 Å². The molecule has 0 fully saturated rings. The second-order valence-corrected chi connectivity index (χ2v) is 6.10. The first-order valence-electron chi connectivity index (χ1n) is 5.78. The molecule has 108 valence electrons. The highest BCUT2D eigenvalue weighted by atomic mass is 127. The van der Waals surface area contributed by atoms with Crippen molar-refractivity contribution in [2.24, 2.45) is 0 Å². The average Bonchev–Trinajstić information content (AvgIpc) is 2.42. The molecule has 1 amide bonds. The minimum Gasteiger partial charge on any atom is -0.331 e. The maximum Gasteiger partial charge on any atom is 0.257 e. The number of hydrogen-bond acceptors (Lipinski definition) is 2. The van der Waals surface area contributed by atoms with Gasteiger partial charge in [-0.25, -0.2) is 4.39 Å². The van der Waals surface area contributed by atoms with E-state index in [1.165, 1.54) is 18.2 Å². The van der Waals surface area contributed by atoms with Gasteiger partial charge in [0.1, 0.15) is 5.82 Å². The summed E-state index contributed by atoms with van der Waals surface area (Å²) in [6, 6.07) is 10.7. The Bertz CT molecular complexity index is 711. The lowest BCUT2D eigenvalue weighted by Gasteiger charge is -2.11. The van der Waals surface area contributed by atoms with Crippen LogP contribution in [0, 0.1) is 9.39 Å². The zero-order chi connectivity index (χ0) is 15.4. The third kappa shape index (κ3) is 4.62. The van der Waals surface area contributed by atoms with E-state index in [0.717, 1.165) is 9.64 Å². The summed E-state index contributed by atoms with van der Waals surface area (Å²) in [5.74, 6) is -0.976. The van der Waals surface area contributed by atoms with Crippen LogP contribution in [0.2, 0.25) is 5.02 Å². The number of hydrogen-bond donors (Lipinski definition) is 2. The molecule has 0 radical (unpaired) electrons. The largest absolute Gasteiger partial charge is 0.331 e. The van der Waals surface area contributed by atoms with E-state index < -0.39 is 11.7 Å². The van der Waals surface area contributed by atoms with Gasteiger partial charge in [-0.3, -0.25) is 10.1 Å². The Morgan fingerprint density at radius 3 is 2.67 bits per heavy atom. The molecule has 2 N–H and O–H groups in total. The van der Waals surface area contributed by atoms with Crippen molar-refractivity contribution in [1.29, 1.82) is 0 Å². The summed E-state index contributed by atoms with van der Waals surface area (Å²) < 4.78 is 14.0. The van der Waals surface area contributed by atoms with Crippen molar-refractivity contribution >= 4 is 63.1 Å². The Hall–Kier alpha value is -1.25. The van der Waals surface area contributed by atoms with Gasteiger partial charge in [-0.05, 0) is 71.2 Å². The van der Waals surface area contributed by atoms with Gasteiger partial charge in [-0.1, -0.05) is 17.7 Å². The van der Waals surface area contributed by atoms with Crippen LogP contribution in [0.25, 0.3) is 0 Å². The van der Waals surface area contributed by atoms with E-state index in [2.05, 4.69) is 33.2 Å². The second-order valence-electron chi connectivity index (χ2n) is 4.04. The summed E-state index contributed by atoms with van der Waals surface area (Å²) in [5.41, 5.74) is 0.773. The van der Waals surface area contributed by atoms with Gasteiger partial charge < -0.3 is 5.32 Å². The van der Waals surface area contributed by atoms with Crippen LogP contribution in [-0.4, -0.2) is 11.0 Å². The van der Waals surface area contributed by atoms with Gasteiger partial charge in [0.25, 0.3) is 5.91 Å². The summed E-state index contributed by atoms with van der Waals surface area (Å²) in [6.45, 7) is 0. The number of halogens is 3. The zero-order valence-corrected chi connectivity index (χ0v) is 14.2. The van der Waals surface area contributed by atoms with Crippen LogP contribution in [0.1, 0.15) is 10.4 Å². The molecule has 0 spiro atoms. The van der Waals surface area contributed by atoms with Crippen molar-refractivity contribution in [3.63, 3.8) is 0 Å². The summed E-state index contributed by atoms with van der Waals surface area (Å²) in [4.78, 5) is 11.9. The molecular weight excluding hydrogens is 426 g/mol. The minimum atomic E-state index is -0.492. The quantitative estimate of drug-likeness (QED) is 0.550. The second kappa shape index (κ2) is 7.15. The summed E-state index contributed by atoms with van der Waals surface area (Å²) in [5, 5.41) is 5.87. The number of anilines is 1. The van der Waals surface area contributed by atoms with Crippen LogP contribution in [0.15, 0.2) is 42.5 Å². The van der Waals surface area contributed by atoms with E-state index in [4.69, 9.17) is 23.8 Å². The third-order valence-corrected chi connectivity index (χ3v) is 3.68. The molecule has 0 aliphatic heterocycles. The fourth-order valence-corrected chi connectivity index (χ4v) is 2.66. The van der Waals surface area contributed by atoms with Crippen LogP contribution in [0.5, 0.6) is 0 Å². The highest BCUT2D eigenvalue weighted by molar-refractivity contribution is 14.1. The van der Waals surface area contributed by atoms with Crippen molar-refractivity contribution in [2.45, 2.75) is 0 Å². The molecule has 0 aliphatic rings. The first kappa shape index (κ1) is 16.1. The molecule has 0 unspecified atom stereocenters. The monoisotopic (exact) mass is 434 g/mol. The van der Waals surface area contributed by atoms with Gasteiger partial charge in [0, 0.05) is 9.13 Å². The van der Waals surface area contributed by atoms with Crippen molar-refractivity contribution in [3.8, 4) is 0 Å². The standard InChI is InChI=1S/C14H9ClFIN2OS/c15-11-7-10(17)4-5-12(11)18-14(21)19-13(20)8-2-1-3-9(16)6-8/h1-7H,(H2,18,19,20,21). The highest BCUT2D eigenvalue weighted by Crippen LogP contribution is 2.23.